The molecule has 0 rings (SSSR count). The molecule has 0 aliphatic carbocycles. The number of urea groups is 1. The molecule has 0 atom stereocenters. The van der Waals surface area contributed by atoms with Gasteiger partial charge in [0.05, 0.1) is 0 Å². The van der Waals surface area contributed by atoms with Crippen molar-refractivity contribution in [3.05, 3.63) is 0 Å². The van der Waals surface area contributed by atoms with Crippen LogP contribution >= 0.6 is 0 Å². The van der Waals surface area contributed by atoms with E-state index in [4.69, 9.17) is 4.74 Å². The highest BCUT2D eigenvalue weighted by atomic mass is 16.5. The third kappa shape index (κ3) is 7.51. The van der Waals surface area contributed by atoms with Crippen LogP contribution in [0.25, 0.3) is 0 Å². The maximum Gasteiger partial charge on any atom is 0.317 e. The Kier molecular flexibility index (Phi) is 9.00. The molecule has 1 N–H and O–H groups in total. The van der Waals surface area contributed by atoms with Crippen LogP contribution in [0.5, 0.6) is 0 Å². The first-order valence-electron chi connectivity index (χ1n) is 6.22. The summed E-state index contributed by atoms with van der Waals surface area (Å²) in [4.78, 5) is 13.3. The summed E-state index contributed by atoms with van der Waals surface area (Å²) >= 11 is 0. The highest BCUT2D eigenvalue weighted by molar-refractivity contribution is 5.73. The minimum Gasteiger partial charge on any atom is -0.381 e. The topological polar surface area (TPSA) is 41.6 Å². The molecule has 0 unspecified atom stereocenters. The van der Waals surface area contributed by atoms with E-state index in [1.54, 1.807) is 4.90 Å². The van der Waals surface area contributed by atoms with Gasteiger partial charge in [-0.05, 0) is 26.2 Å². The number of ether oxygens (including phenoxy) is 1. The van der Waals surface area contributed by atoms with Crippen LogP contribution in [-0.2, 0) is 4.74 Å². The Balaban J connectivity index is 3.40. The molecule has 0 heterocycles. The van der Waals surface area contributed by atoms with Gasteiger partial charge in [0.25, 0.3) is 0 Å². The molecule has 4 heteroatoms. The Morgan fingerprint density at radius 1 is 1.31 bits per heavy atom. The number of rotatable bonds is 8. The molecular formula is C12H26N2O2. The first-order valence-corrected chi connectivity index (χ1v) is 6.22. The average Bonchev–Trinajstić information content (AvgIpc) is 2.24. The van der Waals surface area contributed by atoms with Crippen molar-refractivity contribution in [3.8, 4) is 0 Å². The van der Waals surface area contributed by atoms with Crippen molar-refractivity contribution in [1.82, 2.24) is 10.2 Å². The first kappa shape index (κ1) is 15.2. The molecule has 96 valence electrons. The number of nitrogens with one attached hydrogen (secondary N) is 1. The second-order valence-corrected chi connectivity index (χ2v) is 4.23. The van der Waals surface area contributed by atoms with E-state index in [1.807, 2.05) is 13.8 Å². The molecule has 2 amide bonds. The van der Waals surface area contributed by atoms with Crippen molar-refractivity contribution < 1.29 is 9.53 Å². The van der Waals surface area contributed by atoms with Gasteiger partial charge in [-0.3, -0.25) is 0 Å². The molecule has 0 fully saturated rings. The fourth-order valence-electron chi connectivity index (χ4n) is 1.31. The first-order chi connectivity index (χ1) is 7.61. The molecule has 0 saturated carbocycles. The van der Waals surface area contributed by atoms with Gasteiger partial charge in [-0.2, -0.15) is 0 Å². The van der Waals surface area contributed by atoms with Gasteiger partial charge in [-0.15, -0.1) is 0 Å². The van der Waals surface area contributed by atoms with Crippen molar-refractivity contribution in [1.29, 1.82) is 0 Å². The third-order valence-corrected chi connectivity index (χ3v) is 2.24. The van der Waals surface area contributed by atoms with E-state index in [9.17, 15) is 4.79 Å². The van der Waals surface area contributed by atoms with Crippen LogP contribution in [0.15, 0.2) is 0 Å². The number of amides is 2. The van der Waals surface area contributed by atoms with Crippen molar-refractivity contribution in [2.24, 2.45) is 5.92 Å². The fraction of sp³-hybridized carbons (Fsp3) is 0.917. The van der Waals surface area contributed by atoms with E-state index >= 15 is 0 Å². The Hall–Kier alpha value is -0.770. The average molecular weight is 230 g/mol. The second kappa shape index (κ2) is 9.46. The molecule has 0 spiro atoms. The Morgan fingerprint density at radius 2 is 1.94 bits per heavy atom. The van der Waals surface area contributed by atoms with Crippen LogP contribution in [0, 0.1) is 5.92 Å². The standard InChI is InChI=1S/C12H26N2O2/c1-5-14(6-2)12(15)13-8-7-9-16-10-11(3)4/h11H,5-10H2,1-4H3,(H,13,15). The minimum atomic E-state index is 0.0221. The quantitative estimate of drug-likeness (QED) is 0.649. The lowest BCUT2D eigenvalue weighted by Crippen LogP contribution is -2.40. The molecule has 0 aromatic heterocycles. The molecule has 0 saturated heterocycles. The lowest BCUT2D eigenvalue weighted by molar-refractivity contribution is 0.108. The largest absolute Gasteiger partial charge is 0.381 e. The van der Waals surface area contributed by atoms with Gasteiger partial charge in [0.1, 0.15) is 0 Å². The lowest BCUT2D eigenvalue weighted by atomic mass is 10.2. The molecule has 0 aliphatic heterocycles. The van der Waals surface area contributed by atoms with Crippen molar-refractivity contribution >= 4 is 6.03 Å². The van der Waals surface area contributed by atoms with E-state index in [1.165, 1.54) is 0 Å². The SMILES string of the molecule is CCN(CC)C(=O)NCCCOCC(C)C. The highest BCUT2D eigenvalue weighted by Gasteiger charge is 2.07. The summed E-state index contributed by atoms with van der Waals surface area (Å²) in [7, 11) is 0. The predicted octanol–water partition coefficient (Wildman–Crippen LogP) is 2.10. The van der Waals surface area contributed by atoms with E-state index in [-0.39, 0.29) is 6.03 Å². The van der Waals surface area contributed by atoms with Crippen LogP contribution in [0.4, 0.5) is 4.79 Å². The molecule has 4 nitrogen and oxygen atoms in total. The van der Waals surface area contributed by atoms with Crippen molar-refractivity contribution in [2.45, 2.75) is 34.1 Å². The third-order valence-electron chi connectivity index (χ3n) is 2.24. The van der Waals surface area contributed by atoms with E-state index < -0.39 is 0 Å². The van der Waals surface area contributed by atoms with Crippen LogP contribution in [0.1, 0.15) is 34.1 Å². The van der Waals surface area contributed by atoms with E-state index in [0.717, 1.165) is 32.7 Å². The zero-order chi connectivity index (χ0) is 12.4. The zero-order valence-corrected chi connectivity index (χ0v) is 11.1. The van der Waals surface area contributed by atoms with Crippen molar-refractivity contribution in [3.63, 3.8) is 0 Å². The number of carbonyl (C=O) groups excluding carboxylic acids is 1. The van der Waals surface area contributed by atoms with Gasteiger partial charge in [0, 0.05) is 32.8 Å². The lowest BCUT2D eigenvalue weighted by Gasteiger charge is -2.19. The molecule has 0 aromatic rings. The fourth-order valence-corrected chi connectivity index (χ4v) is 1.31. The predicted molar refractivity (Wildman–Crippen MR) is 66.6 cm³/mol. The van der Waals surface area contributed by atoms with E-state index in [2.05, 4.69) is 19.2 Å². The summed E-state index contributed by atoms with van der Waals surface area (Å²) in [5, 5.41) is 2.88. The maximum absolute atomic E-state index is 11.5. The normalized spacial score (nSPS) is 10.6. The summed E-state index contributed by atoms with van der Waals surface area (Å²) in [5.74, 6) is 0.574. The van der Waals surface area contributed by atoms with Crippen LogP contribution < -0.4 is 5.32 Å². The Morgan fingerprint density at radius 3 is 2.44 bits per heavy atom. The van der Waals surface area contributed by atoms with Gasteiger partial charge < -0.3 is 15.0 Å². The van der Waals surface area contributed by atoms with Gasteiger partial charge in [0.15, 0.2) is 0 Å². The summed E-state index contributed by atoms with van der Waals surface area (Å²) in [5.41, 5.74) is 0. The molecule has 0 aromatic carbocycles. The van der Waals surface area contributed by atoms with E-state index in [0.29, 0.717) is 12.5 Å². The van der Waals surface area contributed by atoms with Gasteiger partial charge in [-0.1, -0.05) is 13.8 Å². The summed E-state index contributed by atoms with van der Waals surface area (Å²) in [6.07, 6.45) is 0.875. The van der Waals surface area contributed by atoms with Gasteiger partial charge in [-0.25, -0.2) is 4.79 Å². The summed E-state index contributed by atoms with van der Waals surface area (Å²) in [6.45, 7) is 11.9. The number of hydrogen-bond donors (Lipinski definition) is 1. The maximum atomic E-state index is 11.5. The number of carbonyl (C=O) groups is 1. The van der Waals surface area contributed by atoms with Gasteiger partial charge >= 0.3 is 6.03 Å². The highest BCUT2D eigenvalue weighted by Crippen LogP contribution is 1.93. The molecule has 0 bridgehead atoms. The van der Waals surface area contributed by atoms with Crippen LogP contribution in [0.3, 0.4) is 0 Å². The number of nitrogens with zero attached hydrogens (tertiary/aromatic N) is 1. The minimum absolute atomic E-state index is 0.0221. The van der Waals surface area contributed by atoms with Crippen LogP contribution in [-0.4, -0.2) is 43.8 Å². The summed E-state index contributed by atoms with van der Waals surface area (Å²) in [6, 6.07) is 0.0221. The van der Waals surface area contributed by atoms with Gasteiger partial charge in [0.2, 0.25) is 0 Å². The molecular weight excluding hydrogens is 204 g/mol. The second-order valence-electron chi connectivity index (χ2n) is 4.23. The van der Waals surface area contributed by atoms with Crippen molar-refractivity contribution in [2.75, 3.05) is 32.8 Å². The summed E-state index contributed by atoms with van der Waals surface area (Å²) < 4.78 is 5.43. The Bertz CT molecular complexity index is 180. The van der Waals surface area contributed by atoms with Crippen LogP contribution in [0.2, 0.25) is 0 Å². The zero-order valence-electron chi connectivity index (χ0n) is 11.1. The smallest absolute Gasteiger partial charge is 0.317 e. The molecule has 0 radical (unpaired) electrons. The molecule has 16 heavy (non-hydrogen) atoms. The molecule has 0 aliphatic rings. The Labute approximate surface area is 99.3 Å². The number of hydrogen-bond acceptors (Lipinski definition) is 2. The monoisotopic (exact) mass is 230 g/mol.